The van der Waals surface area contributed by atoms with Crippen LogP contribution in [-0.2, 0) is 0 Å². The molecule has 3 aromatic rings. The first-order valence-corrected chi connectivity index (χ1v) is 6.72. The van der Waals surface area contributed by atoms with E-state index in [0.29, 0.717) is 10.9 Å². The van der Waals surface area contributed by atoms with Crippen molar-refractivity contribution >= 4 is 39.7 Å². The highest BCUT2D eigenvalue weighted by Crippen LogP contribution is 2.36. The zero-order chi connectivity index (χ0) is 12.9. The van der Waals surface area contributed by atoms with Gasteiger partial charge in [-0.1, -0.05) is 11.6 Å². The lowest BCUT2D eigenvalue weighted by molar-refractivity contribution is 0.619. The van der Waals surface area contributed by atoms with Crippen LogP contribution in [-0.4, -0.2) is 4.98 Å². The quantitative estimate of drug-likeness (QED) is 0.717. The second-order valence-electron chi connectivity index (χ2n) is 4.25. The summed E-state index contributed by atoms with van der Waals surface area (Å²) in [5.41, 5.74) is 10.3. The summed E-state index contributed by atoms with van der Waals surface area (Å²) >= 11 is 7.55. The number of nitrogens with two attached hydrogens (primary N) is 1. The van der Waals surface area contributed by atoms with Gasteiger partial charge in [-0.2, -0.15) is 0 Å². The molecule has 18 heavy (non-hydrogen) atoms. The van der Waals surface area contributed by atoms with Gasteiger partial charge in [0.25, 0.3) is 0 Å². The number of oxazole rings is 1. The molecule has 0 spiro atoms. The lowest BCUT2D eigenvalue weighted by Gasteiger charge is -1.94. The number of hydrogen-bond donors (Lipinski definition) is 1. The van der Waals surface area contributed by atoms with E-state index in [4.69, 9.17) is 21.8 Å². The van der Waals surface area contributed by atoms with Crippen LogP contribution in [0.15, 0.2) is 21.9 Å². The molecule has 0 saturated carbocycles. The van der Waals surface area contributed by atoms with Crippen LogP contribution in [0, 0.1) is 13.8 Å². The molecule has 0 aliphatic heterocycles. The Labute approximate surface area is 113 Å². The van der Waals surface area contributed by atoms with Crippen LogP contribution in [0.4, 0.5) is 5.69 Å². The number of nitrogen functional groups attached to an aromatic ring is 1. The molecule has 3 nitrogen and oxygen atoms in total. The Balaban J connectivity index is 2.25. The topological polar surface area (TPSA) is 52.0 Å². The number of thiophene rings is 1. The van der Waals surface area contributed by atoms with Crippen molar-refractivity contribution in [3.63, 3.8) is 0 Å². The Kier molecular flexibility index (Phi) is 2.57. The van der Waals surface area contributed by atoms with Gasteiger partial charge in [0.1, 0.15) is 10.4 Å². The minimum atomic E-state index is 0.561. The molecule has 1 aromatic carbocycles. The zero-order valence-corrected chi connectivity index (χ0v) is 11.5. The highest BCUT2D eigenvalue weighted by molar-refractivity contribution is 7.14. The fourth-order valence-electron chi connectivity index (χ4n) is 1.87. The van der Waals surface area contributed by atoms with E-state index in [1.807, 2.05) is 25.3 Å². The Morgan fingerprint density at radius 3 is 2.72 bits per heavy atom. The van der Waals surface area contributed by atoms with Crippen LogP contribution in [0.2, 0.25) is 5.02 Å². The molecule has 0 aliphatic carbocycles. The van der Waals surface area contributed by atoms with E-state index in [2.05, 4.69) is 4.98 Å². The van der Waals surface area contributed by atoms with Crippen molar-refractivity contribution < 1.29 is 4.42 Å². The number of nitrogens with zero attached hydrogens (tertiary/aromatic N) is 1. The van der Waals surface area contributed by atoms with Crippen LogP contribution >= 0.6 is 22.9 Å². The largest absolute Gasteiger partial charge is 0.435 e. The molecule has 0 atom stereocenters. The molecule has 5 heteroatoms. The second kappa shape index (κ2) is 4.00. The summed E-state index contributed by atoms with van der Waals surface area (Å²) in [6, 6.07) is 3.66. The molecule has 2 N–H and O–H groups in total. The van der Waals surface area contributed by atoms with Crippen LogP contribution in [0.5, 0.6) is 0 Å². The third-order valence-corrected chi connectivity index (χ3v) is 4.18. The number of rotatable bonds is 1. The van der Waals surface area contributed by atoms with Crippen molar-refractivity contribution in [1.82, 2.24) is 4.98 Å². The SMILES string of the molecule is Cc1csc(-c2nc3cc(Cl)cc(C)c3o2)c1N. The van der Waals surface area contributed by atoms with Gasteiger partial charge in [-0.3, -0.25) is 0 Å². The molecular formula is C13H11ClN2OS. The van der Waals surface area contributed by atoms with Gasteiger partial charge < -0.3 is 10.2 Å². The molecule has 2 heterocycles. The number of anilines is 1. The molecule has 3 rings (SSSR count). The third kappa shape index (κ3) is 1.69. The van der Waals surface area contributed by atoms with Crippen LogP contribution in [0.25, 0.3) is 21.9 Å². The monoisotopic (exact) mass is 278 g/mol. The summed E-state index contributed by atoms with van der Waals surface area (Å²) in [6.45, 7) is 3.92. The first kappa shape index (κ1) is 11.6. The summed E-state index contributed by atoms with van der Waals surface area (Å²) in [7, 11) is 0. The Bertz CT molecular complexity index is 745. The van der Waals surface area contributed by atoms with Gasteiger partial charge in [-0.15, -0.1) is 11.3 Å². The van der Waals surface area contributed by atoms with E-state index >= 15 is 0 Å². The van der Waals surface area contributed by atoms with Crippen molar-refractivity contribution in [2.24, 2.45) is 0 Å². The average molecular weight is 279 g/mol. The Morgan fingerprint density at radius 2 is 2.06 bits per heavy atom. The van der Waals surface area contributed by atoms with Crippen LogP contribution < -0.4 is 5.73 Å². The average Bonchev–Trinajstić information content (AvgIpc) is 2.84. The minimum absolute atomic E-state index is 0.561. The molecule has 0 radical (unpaired) electrons. The minimum Gasteiger partial charge on any atom is -0.435 e. The Morgan fingerprint density at radius 1 is 1.28 bits per heavy atom. The maximum Gasteiger partial charge on any atom is 0.239 e. The van der Waals surface area contributed by atoms with Gasteiger partial charge in [0.2, 0.25) is 5.89 Å². The van der Waals surface area contributed by atoms with Gasteiger partial charge >= 0.3 is 0 Å². The molecule has 0 fully saturated rings. The third-order valence-electron chi connectivity index (χ3n) is 2.86. The number of hydrogen-bond acceptors (Lipinski definition) is 4. The molecule has 0 saturated heterocycles. The Hall–Kier alpha value is -1.52. The number of aromatic nitrogens is 1. The molecule has 92 valence electrons. The van der Waals surface area contributed by atoms with Crippen molar-refractivity contribution in [3.8, 4) is 10.8 Å². The van der Waals surface area contributed by atoms with Crippen molar-refractivity contribution in [1.29, 1.82) is 0 Å². The molecule has 0 amide bonds. The van der Waals surface area contributed by atoms with E-state index in [-0.39, 0.29) is 0 Å². The summed E-state index contributed by atoms with van der Waals surface area (Å²) in [5, 5.41) is 2.66. The van der Waals surface area contributed by atoms with E-state index in [1.165, 1.54) is 0 Å². The fraction of sp³-hybridized carbons (Fsp3) is 0.154. The molecule has 0 aliphatic rings. The maximum atomic E-state index is 6.01. The highest BCUT2D eigenvalue weighted by Gasteiger charge is 2.15. The summed E-state index contributed by atoms with van der Waals surface area (Å²) in [6.07, 6.45) is 0. The number of benzene rings is 1. The van der Waals surface area contributed by atoms with Gasteiger partial charge in [0.05, 0.1) is 5.69 Å². The van der Waals surface area contributed by atoms with E-state index in [9.17, 15) is 0 Å². The smallest absolute Gasteiger partial charge is 0.239 e. The maximum absolute atomic E-state index is 6.01. The van der Waals surface area contributed by atoms with E-state index < -0.39 is 0 Å². The molecule has 0 unspecified atom stereocenters. The summed E-state index contributed by atoms with van der Waals surface area (Å²) in [5.74, 6) is 0.561. The lowest BCUT2D eigenvalue weighted by atomic mass is 10.2. The first-order chi connectivity index (χ1) is 8.56. The van der Waals surface area contributed by atoms with Gasteiger partial charge in [0, 0.05) is 5.02 Å². The zero-order valence-electron chi connectivity index (χ0n) is 9.95. The first-order valence-electron chi connectivity index (χ1n) is 5.47. The standard InChI is InChI=1S/C13H11ClN2OS/c1-6-3-8(14)4-9-11(6)17-13(16-9)12-10(15)7(2)5-18-12/h3-5H,15H2,1-2H3. The second-order valence-corrected chi connectivity index (χ2v) is 5.57. The normalized spacial score (nSPS) is 11.3. The summed E-state index contributed by atoms with van der Waals surface area (Å²) in [4.78, 5) is 5.33. The fourth-order valence-corrected chi connectivity index (χ4v) is 3.04. The van der Waals surface area contributed by atoms with Crippen molar-refractivity contribution in [3.05, 3.63) is 33.7 Å². The molecular weight excluding hydrogens is 268 g/mol. The predicted molar refractivity (Wildman–Crippen MR) is 76.2 cm³/mol. The molecule has 2 aromatic heterocycles. The van der Waals surface area contributed by atoms with Gasteiger partial charge in [0.15, 0.2) is 5.58 Å². The van der Waals surface area contributed by atoms with Crippen LogP contribution in [0.1, 0.15) is 11.1 Å². The van der Waals surface area contributed by atoms with E-state index in [1.54, 1.807) is 17.4 Å². The van der Waals surface area contributed by atoms with Gasteiger partial charge in [-0.05, 0) is 42.5 Å². The van der Waals surface area contributed by atoms with Crippen molar-refractivity contribution in [2.75, 3.05) is 5.73 Å². The lowest BCUT2D eigenvalue weighted by Crippen LogP contribution is -1.86. The predicted octanol–water partition coefficient (Wildman–Crippen LogP) is 4.41. The molecule has 0 bridgehead atoms. The van der Waals surface area contributed by atoms with E-state index in [0.717, 1.165) is 32.8 Å². The highest BCUT2D eigenvalue weighted by atomic mass is 35.5. The summed E-state index contributed by atoms with van der Waals surface area (Å²) < 4.78 is 5.79. The van der Waals surface area contributed by atoms with Gasteiger partial charge in [-0.25, -0.2) is 4.98 Å². The van der Waals surface area contributed by atoms with Crippen LogP contribution in [0.3, 0.4) is 0 Å². The number of halogens is 1. The number of aryl methyl sites for hydroxylation is 2. The number of fused-ring (bicyclic) bond motifs is 1. The van der Waals surface area contributed by atoms with Crippen molar-refractivity contribution in [2.45, 2.75) is 13.8 Å².